The monoisotopic (exact) mass is 506 g/mol. The fourth-order valence-electron chi connectivity index (χ4n) is 3.39. The van der Waals surface area contributed by atoms with Gasteiger partial charge in [0.25, 0.3) is 0 Å². The fraction of sp³-hybridized carbons (Fsp3) is 0.700. The molecule has 15 nitrogen and oxygen atoms in total. The summed E-state index contributed by atoms with van der Waals surface area (Å²) in [7, 11) is 0. The highest BCUT2D eigenvalue weighted by Gasteiger charge is 2.31. The molecule has 0 heterocycles. The molecule has 0 aromatic carbocycles. The van der Waals surface area contributed by atoms with Crippen LogP contribution in [0.4, 0.5) is 0 Å². The Bertz CT molecular complexity index is 715. The van der Waals surface area contributed by atoms with Crippen molar-refractivity contribution in [3.8, 4) is 0 Å². The fourth-order valence-corrected chi connectivity index (χ4v) is 3.39. The van der Waals surface area contributed by atoms with Gasteiger partial charge in [-0.15, -0.1) is 0 Å². The third kappa shape index (κ3) is 15.3. The summed E-state index contributed by atoms with van der Waals surface area (Å²) in [6.45, 7) is -2.26. The molecule has 35 heavy (non-hydrogen) atoms. The van der Waals surface area contributed by atoms with Gasteiger partial charge >= 0.3 is 29.8 Å². The average Bonchev–Trinajstić information content (AvgIpc) is 2.70. The Labute approximate surface area is 201 Å². The first-order chi connectivity index (χ1) is 16.4. The zero-order chi connectivity index (χ0) is 27.0. The van der Waals surface area contributed by atoms with Crippen LogP contribution in [-0.2, 0) is 28.8 Å². The van der Waals surface area contributed by atoms with Crippen molar-refractivity contribution in [1.82, 2.24) is 15.1 Å². The van der Waals surface area contributed by atoms with E-state index in [1.54, 1.807) is 0 Å². The molecule has 0 aromatic rings. The summed E-state index contributed by atoms with van der Waals surface area (Å²) >= 11 is 0. The number of unbranched alkanes of at least 4 members (excludes halogenated alkanes) is 2. The Morgan fingerprint density at radius 3 is 1.60 bits per heavy atom. The predicted molar refractivity (Wildman–Crippen MR) is 119 cm³/mol. The second-order valence-corrected chi connectivity index (χ2v) is 7.89. The van der Waals surface area contributed by atoms with Gasteiger partial charge < -0.3 is 36.6 Å². The van der Waals surface area contributed by atoms with Crippen LogP contribution in [0.5, 0.6) is 0 Å². The van der Waals surface area contributed by atoms with Gasteiger partial charge in [-0.1, -0.05) is 6.42 Å². The third-order valence-electron chi connectivity index (χ3n) is 4.90. The van der Waals surface area contributed by atoms with Gasteiger partial charge in [-0.3, -0.25) is 33.8 Å². The summed E-state index contributed by atoms with van der Waals surface area (Å²) in [6, 6.07) is -2.58. The molecule has 0 aliphatic rings. The molecule has 0 spiro atoms. The molecule has 200 valence electrons. The number of aliphatic carboxylic acids is 5. The molecule has 0 unspecified atom stereocenters. The molecule has 0 rings (SSSR count). The van der Waals surface area contributed by atoms with Crippen molar-refractivity contribution in [3.63, 3.8) is 0 Å². The molecule has 0 aliphatic carbocycles. The standard InChI is InChI=1S/C20H34N4O11/c21-7-3-1-5-13(20(34)35)22-19(33)14(24(11-17(29)30)12-18(31)32)6-2-4-8-23(9-15(25)26)10-16(27)28/h13-14H,1-12,21H2,(H,22,33)(H,25,26)(H,27,28)(H,29,30)(H,31,32)(H,34,35)/t13-,14-/m0/s1. The van der Waals surface area contributed by atoms with Crippen molar-refractivity contribution in [2.75, 3.05) is 39.3 Å². The lowest BCUT2D eigenvalue weighted by atomic mass is 10.0. The molecule has 0 radical (unpaired) electrons. The quantitative estimate of drug-likeness (QED) is 0.0846. The van der Waals surface area contributed by atoms with E-state index in [2.05, 4.69) is 5.32 Å². The lowest BCUT2D eigenvalue weighted by Crippen LogP contribution is -2.54. The van der Waals surface area contributed by atoms with Crippen LogP contribution in [0.25, 0.3) is 0 Å². The molecule has 0 aromatic heterocycles. The number of rotatable bonds is 21. The molecule has 1 amide bonds. The summed E-state index contributed by atoms with van der Waals surface area (Å²) in [5.41, 5.74) is 5.39. The van der Waals surface area contributed by atoms with E-state index >= 15 is 0 Å². The molecule has 0 aliphatic heterocycles. The number of hydrogen-bond donors (Lipinski definition) is 7. The van der Waals surface area contributed by atoms with Gasteiger partial charge in [0.15, 0.2) is 0 Å². The first kappa shape index (κ1) is 31.7. The van der Waals surface area contributed by atoms with E-state index in [9.17, 15) is 33.9 Å². The minimum atomic E-state index is -1.39. The predicted octanol–water partition coefficient (Wildman–Crippen LogP) is -1.83. The van der Waals surface area contributed by atoms with Crippen molar-refractivity contribution in [2.45, 2.75) is 50.6 Å². The van der Waals surface area contributed by atoms with Gasteiger partial charge in [-0.25, -0.2) is 4.79 Å². The van der Waals surface area contributed by atoms with Gasteiger partial charge in [0, 0.05) is 0 Å². The lowest BCUT2D eigenvalue weighted by Gasteiger charge is -2.29. The van der Waals surface area contributed by atoms with Crippen molar-refractivity contribution in [3.05, 3.63) is 0 Å². The number of nitrogens with zero attached hydrogens (tertiary/aromatic N) is 2. The molecular formula is C20H34N4O11. The van der Waals surface area contributed by atoms with E-state index in [0.717, 1.165) is 9.80 Å². The molecule has 0 saturated heterocycles. The summed E-state index contributed by atoms with van der Waals surface area (Å²) in [6.07, 6.45) is 1.33. The summed E-state index contributed by atoms with van der Waals surface area (Å²) < 4.78 is 0. The van der Waals surface area contributed by atoms with Crippen LogP contribution >= 0.6 is 0 Å². The smallest absolute Gasteiger partial charge is 0.326 e. The van der Waals surface area contributed by atoms with Crippen molar-refractivity contribution < 1.29 is 54.3 Å². The SMILES string of the molecule is NCCCC[C@H](NC(=O)[C@H](CCCCN(CC(=O)O)CC(=O)O)N(CC(=O)O)CC(=O)O)C(=O)O. The highest BCUT2D eigenvalue weighted by Crippen LogP contribution is 2.12. The van der Waals surface area contributed by atoms with Gasteiger partial charge in [-0.05, 0) is 45.2 Å². The first-order valence-corrected chi connectivity index (χ1v) is 10.9. The largest absolute Gasteiger partial charge is 0.480 e. The van der Waals surface area contributed by atoms with Crippen LogP contribution < -0.4 is 11.1 Å². The van der Waals surface area contributed by atoms with E-state index in [-0.39, 0.29) is 32.2 Å². The number of carbonyl (C=O) groups is 6. The van der Waals surface area contributed by atoms with Gasteiger partial charge in [-0.2, -0.15) is 0 Å². The number of nitrogens with two attached hydrogens (primary N) is 1. The second kappa shape index (κ2) is 17.2. The second-order valence-electron chi connectivity index (χ2n) is 7.89. The Morgan fingerprint density at radius 2 is 1.17 bits per heavy atom. The lowest BCUT2D eigenvalue weighted by molar-refractivity contribution is -0.147. The molecule has 2 atom stereocenters. The van der Waals surface area contributed by atoms with Crippen molar-refractivity contribution in [1.29, 1.82) is 0 Å². The highest BCUT2D eigenvalue weighted by molar-refractivity contribution is 5.87. The van der Waals surface area contributed by atoms with Crippen LogP contribution in [0.15, 0.2) is 0 Å². The van der Waals surface area contributed by atoms with E-state index in [1.165, 1.54) is 0 Å². The number of carbonyl (C=O) groups excluding carboxylic acids is 1. The zero-order valence-electron chi connectivity index (χ0n) is 19.3. The number of carboxylic acids is 5. The Hall–Kier alpha value is -3.30. The average molecular weight is 507 g/mol. The van der Waals surface area contributed by atoms with Crippen molar-refractivity contribution >= 4 is 35.8 Å². The molecule has 0 bridgehead atoms. The van der Waals surface area contributed by atoms with E-state index in [1.807, 2.05) is 0 Å². The van der Waals surface area contributed by atoms with Gasteiger partial charge in [0.2, 0.25) is 5.91 Å². The number of hydrogen-bond acceptors (Lipinski definition) is 9. The minimum Gasteiger partial charge on any atom is -0.480 e. The van der Waals surface area contributed by atoms with Crippen LogP contribution in [0.3, 0.4) is 0 Å². The van der Waals surface area contributed by atoms with Crippen molar-refractivity contribution in [2.24, 2.45) is 5.73 Å². The Kier molecular flexibility index (Phi) is 15.6. The molecular weight excluding hydrogens is 472 g/mol. The molecule has 0 fully saturated rings. The van der Waals surface area contributed by atoms with Gasteiger partial charge in [0.1, 0.15) is 6.04 Å². The highest BCUT2D eigenvalue weighted by atomic mass is 16.4. The van der Waals surface area contributed by atoms with Crippen LogP contribution in [0.2, 0.25) is 0 Å². The maximum atomic E-state index is 12.9. The third-order valence-corrected chi connectivity index (χ3v) is 4.90. The maximum Gasteiger partial charge on any atom is 0.326 e. The normalized spacial score (nSPS) is 12.8. The topological polar surface area (TPSA) is 248 Å². The number of nitrogens with one attached hydrogen (secondary N) is 1. The maximum absolute atomic E-state index is 12.9. The molecule has 8 N–H and O–H groups in total. The van der Waals surface area contributed by atoms with E-state index < -0.39 is 74.0 Å². The van der Waals surface area contributed by atoms with Gasteiger partial charge in [0.05, 0.1) is 32.2 Å². The first-order valence-electron chi connectivity index (χ1n) is 10.9. The van der Waals surface area contributed by atoms with Crippen LogP contribution in [0, 0.1) is 0 Å². The molecule has 0 saturated carbocycles. The Balaban J connectivity index is 5.46. The summed E-state index contributed by atoms with van der Waals surface area (Å²) in [4.78, 5) is 70.8. The number of carboxylic acid groups (broad SMARTS) is 5. The summed E-state index contributed by atoms with van der Waals surface area (Å²) in [5, 5.41) is 47.9. The van der Waals surface area contributed by atoms with E-state index in [4.69, 9.17) is 26.2 Å². The van der Waals surface area contributed by atoms with E-state index in [0.29, 0.717) is 19.4 Å². The minimum absolute atomic E-state index is 0.0433. The Morgan fingerprint density at radius 1 is 0.686 bits per heavy atom. The summed E-state index contributed by atoms with van der Waals surface area (Å²) in [5.74, 6) is -7.42. The van der Waals surface area contributed by atoms with Crippen LogP contribution in [0.1, 0.15) is 38.5 Å². The zero-order valence-corrected chi connectivity index (χ0v) is 19.3. The van der Waals surface area contributed by atoms with Crippen LogP contribution in [-0.4, -0.2) is 122 Å². The molecule has 15 heteroatoms. The number of amides is 1.